The third-order valence-corrected chi connectivity index (χ3v) is 6.71. The Kier molecular flexibility index (Phi) is 5.98. The maximum atomic E-state index is 12.5. The first-order valence-corrected chi connectivity index (χ1v) is 11.7. The molecule has 1 aliphatic carbocycles. The third-order valence-electron chi connectivity index (χ3n) is 6.71. The molecular weight excluding hydrogens is 432 g/mol. The Labute approximate surface area is 198 Å². The van der Waals surface area contributed by atoms with E-state index in [1.165, 1.54) is 5.56 Å². The van der Waals surface area contributed by atoms with Crippen molar-refractivity contribution in [1.82, 2.24) is 10.4 Å². The van der Waals surface area contributed by atoms with Crippen LogP contribution in [0.1, 0.15) is 66.8 Å². The number of rotatable bonds is 6. The number of nitriles is 1. The van der Waals surface area contributed by atoms with Crippen molar-refractivity contribution in [3.8, 4) is 11.8 Å². The van der Waals surface area contributed by atoms with E-state index in [9.17, 15) is 15.2 Å². The highest BCUT2D eigenvalue weighted by molar-refractivity contribution is 6.00. The normalized spacial score (nSPS) is 23.3. The summed E-state index contributed by atoms with van der Waals surface area (Å²) in [6.45, 7) is 4.15. The van der Waals surface area contributed by atoms with Gasteiger partial charge in [0.05, 0.1) is 24.3 Å². The summed E-state index contributed by atoms with van der Waals surface area (Å²) in [6, 6.07) is 13.7. The summed E-state index contributed by atoms with van der Waals surface area (Å²) >= 11 is 0. The van der Waals surface area contributed by atoms with Gasteiger partial charge in [-0.25, -0.2) is 15.3 Å². The molecule has 2 aromatic carbocycles. The van der Waals surface area contributed by atoms with Gasteiger partial charge in [-0.15, -0.1) is 0 Å². The van der Waals surface area contributed by atoms with Gasteiger partial charge in [0, 0.05) is 24.1 Å². The van der Waals surface area contributed by atoms with Gasteiger partial charge in [-0.3, -0.25) is 4.79 Å². The zero-order valence-corrected chi connectivity index (χ0v) is 19.3. The second-order valence-electron chi connectivity index (χ2n) is 9.22. The number of nitrogens with zero attached hydrogens (tertiary/aromatic N) is 3. The van der Waals surface area contributed by atoms with Gasteiger partial charge in [0.15, 0.2) is 5.84 Å². The molecule has 2 aliphatic heterocycles. The number of aliphatic hydroxyl groups excluding tert-OH is 1. The van der Waals surface area contributed by atoms with Gasteiger partial charge in [0.1, 0.15) is 11.8 Å². The Bertz CT molecular complexity index is 1190. The third kappa shape index (κ3) is 3.91. The quantitative estimate of drug-likeness (QED) is 0.686. The lowest BCUT2D eigenvalue weighted by molar-refractivity contribution is -0.139. The summed E-state index contributed by atoms with van der Waals surface area (Å²) < 4.78 is 5.72. The Morgan fingerprint density at radius 1 is 1.35 bits per heavy atom. The molecule has 0 saturated carbocycles. The lowest BCUT2D eigenvalue weighted by Crippen LogP contribution is -2.42. The van der Waals surface area contributed by atoms with Crippen LogP contribution in [-0.2, 0) is 16.1 Å². The minimum absolute atomic E-state index is 0.00578. The molecule has 0 spiro atoms. The predicted molar refractivity (Wildman–Crippen MR) is 125 cm³/mol. The molecule has 8 heteroatoms. The average Bonchev–Trinajstić information content (AvgIpc) is 3.46. The molecule has 3 atom stereocenters. The number of ether oxygens (including phenoxy) is 1. The Hall–Kier alpha value is -3.41. The number of carbonyl (C=O) groups excluding carboxylic acids is 1. The van der Waals surface area contributed by atoms with Gasteiger partial charge in [-0.1, -0.05) is 24.3 Å². The molecule has 1 saturated heterocycles. The number of amides is 1. The van der Waals surface area contributed by atoms with Crippen molar-refractivity contribution in [2.45, 2.75) is 51.5 Å². The van der Waals surface area contributed by atoms with E-state index in [0.29, 0.717) is 36.0 Å². The SMILES string of the molecule is CC(C)Oc1ccc(C2N=C(c3cccc4c3CC3CCC(=O)N(CCO)C43)NO2)cc1C#N. The summed E-state index contributed by atoms with van der Waals surface area (Å²) in [6.07, 6.45) is 1.62. The molecule has 0 aromatic heterocycles. The molecule has 8 nitrogen and oxygen atoms in total. The summed E-state index contributed by atoms with van der Waals surface area (Å²) in [5.74, 6) is 1.63. The van der Waals surface area contributed by atoms with Crippen LogP contribution in [0.25, 0.3) is 0 Å². The fourth-order valence-corrected chi connectivity index (χ4v) is 5.31. The number of hydroxylamine groups is 1. The van der Waals surface area contributed by atoms with Gasteiger partial charge < -0.3 is 14.7 Å². The smallest absolute Gasteiger partial charge is 0.223 e. The summed E-state index contributed by atoms with van der Waals surface area (Å²) in [7, 11) is 0. The molecule has 2 heterocycles. The monoisotopic (exact) mass is 460 g/mol. The second kappa shape index (κ2) is 9.09. The van der Waals surface area contributed by atoms with Gasteiger partial charge in [-0.05, 0) is 55.9 Å². The highest BCUT2D eigenvalue weighted by atomic mass is 16.7. The van der Waals surface area contributed by atoms with Crippen LogP contribution in [0, 0.1) is 17.2 Å². The van der Waals surface area contributed by atoms with Crippen molar-refractivity contribution >= 4 is 11.7 Å². The molecule has 5 rings (SSSR count). The Balaban J connectivity index is 1.44. The molecule has 3 unspecified atom stereocenters. The molecule has 3 aliphatic rings. The van der Waals surface area contributed by atoms with E-state index in [1.54, 1.807) is 12.1 Å². The van der Waals surface area contributed by atoms with Crippen LogP contribution in [0.5, 0.6) is 5.75 Å². The van der Waals surface area contributed by atoms with E-state index in [0.717, 1.165) is 29.5 Å². The minimum Gasteiger partial charge on any atom is -0.490 e. The summed E-state index contributed by atoms with van der Waals surface area (Å²) in [5, 5.41) is 19.0. The lowest BCUT2D eigenvalue weighted by Gasteiger charge is -2.37. The number of hydrogen-bond acceptors (Lipinski definition) is 7. The largest absolute Gasteiger partial charge is 0.490 e. The number of aliphatic hydroxyl groups is 1. The number of amidine groups is 1. The fourth-order valence-electron chi connectivity index (χ4n) is 5.31. The maximum absolute atomic E-state index is 12.5. The van der Waals surface area contributed by atoms with Crippen LogP contribution < -0.4 is 10.2 Å². The Morgan fingerprint density at radius 2 is 2.21 bits per heavy atom. The molecule has 176 valence electrons. The molecule has 2 N–H and O–H groups in total. The van der Waals surface area contributed by atoms with Crippen LogP contribution in [0.2, 0.25) is 0 Å². The predicted octanol–water partition coefficient (Wildman–Crippen LogP) is 3.15. The second-order valence-corrected chi connectivity index (χ2v) is 9.22. The number of likely N-dealkylation sites (tertiary alicyclic amines) is 1. The zero-order valence-electron chi connectivity index (χ0n) is 19.3. The van der Waals surface area contributed by atoms with E-state index in [-0.39, 0.29) is 24.7 Å². The minimum atomic E-state index is -0.581. The van der Waals surface area contributed by atoms with E-state index in [1.807, 2.05) is 36.9 Å². The first kappa shape index (κ1) is 22.4. The number of hydrogen-bond donors (Lipinski definition) is 2. The number of aliphatic imine (C=N–C) groups is 1. The zero-order chi connectivity index (χ0) is 23.8. The van der Waals surface area contributed by atoms with E-state index < -0.39 is 6.23 Å². The number of nitrogens with one attached hydrogen (secondary N) is 1. The number of piperidine rings is 1. The van der Waals surface area contributed by atoms with Crippen LogP contribution in [0.3, 0.4) is 0 Å². The number of β-amino-alcohol motifs (C(OH)–C–C–N with tert-alkyl or cyclic N) is 1. The standard InChI is InChI=1S/C26H28N4O4/c1-15(2)33-22-8-6-17(12-18(22)14-27)26-28-25(29-34-26)20-5-3-4-19-21(20)13-16-7-9-23(32)30(10-11-31)24(16)19/h3-6,8,12,15-16,24,26,31H,7,9-11,13H2,1-2H3,(H,28,29). The fraction of sp³-hybridized carbons (Fsp3) is 0.423. The first-order chi connectivity index (χ1) is 16.5. The van der Waals surface area contributed by atoms with Gasteiger partial charge in [0.25, 0.3) is 0 Å². The summed E-state index contributed by atoms with van der Waals surface area (Å²) in [4.78, 5) is 24.9. The molecule has 2 aromatic rings. The van der Waals surface area contributed by atoms with Crippen molar-refractivity contribution in [2.24, 2.45) is 10.9 Å². The lowest BCUT2D eigenvalue weighted by atomic mass is 9.89. The maximum Gasteiger partial charge on any atom is 0.223 e. The van der Waals surface area contributed by atoms with Crippen molar-refractivity contribution < 1.29 is 19.5 Å². The highest BCUT2D eigenvalue weighted by Crippen LogP contribution is 2.46. The number of carbonyl (C=O) groups is 1. The molecule has 1 fully saturated rings. The molecule has 34 heavy (non-hydrogen) atoms. The van der Waals surface area contributed by atoms with E-state index >= 15 is 0 Å². The van der Waals surface area contributed by atoms with Crippen LogP contribution in [0.15, 0.2) is 41.4 Å². The van der Waals surface area contributed by atoms with E-state index in [2.05, 4.69) is 17.6 Å². The topological polar surface area (TPSA) is 107 Å². The molecule has 0 radical (unpaired) electrons. The molecular formula is C26H28N4O4. The van der Waals surface area contributed by atoms with Crippen LogP contribution in [-0.4, -0.2) is 41.0 Å². The Morgan fingerprint density at radius 3 is 2.97 bits per heavy atom. The van der Waals surface area contributed by atoms with Crippen LogP contribution in [0.4, 0.5) is 0 Å². The van der Waals surface area contributed by atoms with Crippen molar-refractivity contribution in [2.75, 3.05) is 13.2 Å². The van der Waals surface area contributed by atoms with Crippen molar-refractivity contribution in [1.29, 1.82) is 5.26 Å². The van der Waals surface area contributed by atoms with Gasteiger partial charge in [0.2, 0.25) is 12.1 Å². The van der Waals surface area contributed by atoms with Crippen LogP contribution >= 0.6 is 0 Å². The molecule has 0 bridgehead atoms. The molecule has 1 amide bonds. The van der Waals surface area contributed by atoms with Crippen molar-refractivity contribution in [3.05, 3.63) is 64.2 Å². The average molecular weight is 461 g/mol. The summed E-state index contributed by atoms with van der Waals surface area (Å²) in [5.41, 5.74) is 7.44. The number of fused-ring (bicyclic) bond motifs is 3. The highest BCUT2D eigenvalue weighted by Gasteiger charge is 2.43. The van der Waals surface area contributed by atoms with Gasteiger partial charge >= 0.3 is 0 Å². The van der Waals surface area contributed by atoms with E-state index in [4.69, 9.17) is 14.6 Å². The van der Waals surface area contributed by atoms with Crippen molar-refractivity contribution in [3.63, 3.8) is 0 Å². The van der Waals surface area contributed by atoms with Gasteiger partial charge in [-0.2, -0.15) is 5.26 Å². The number of benzene rings is 2. The first-order valence-electron chi connectivity index (χ1n) is 11.7.